The summed E-state index contributed by atoms with van der Waals surface area (Å²) < 4.78 is 59.9. The molecule has 11 heteroatoms. The van der Waals surface area contributed by atoms with E-state index < -0.39 is 22.2 Å². The van der Waals surface area contributed by atoms with Crippen molar-refractivity contribution in [1.82, 2.24) is 14.9 Å². The molecular formula is C26H34F3N3O4S. The van der Waals surface area contributed by atoms with Gasteiger partial charge in [-0.25, -0.2) is 17.9 Å². The van der Waals surface area contributed by atoms with E-state index >= 15 is 0 Å². The minimum absolute atomic E-state index is 0.0998. The monoisotopic (exact) mass is 541 g/mol. The fourth-order valence-electron chi connectivity index (χ4n) is 4.28. The number of nitrogens with zero attached hydrogens (tertiary/aromatic N) is 1. The van der Waals surface area contributed by atoms with Gasteiger partial charge in [-0.05, 0) is 87.1 Å². The van der Waals surface area contributed by atoms with Crippen LogP contribution in [-0.4, -0.2) is 62.8 Å². The maximum absolute atomic E-state index is 12.7. The second kappa shape index (κ2) is 12.4. The summed E-state index contributed by atoms with van der Waals surface area (Å²) in [5, 5.41) is 10.8. The standard InChI is InChI=1S/C24H33N3O2S.C2HF3O2/c1-18-15-21(9-10-24(18)30(28,29)26-23-7-4-8-23)20-6-3-5-19(16-20)17-25-22-11-13-27(2)14-12-22;3-2(4,5)1(6)7/h3,5-6,9-10,15-16,22-23,25-26H,4,7-8,11-14,17H2,1-2H3;(H,6,7). The van der Waals surface area contributed by atoms with Crippen molar-refractivity contribution in [1.29, 1.82) is 0 Å². The predicted octanol–water partition coefficient (Wildman–Crippen LogP) is 4.31. The van der Waals surface area contributed by atoms with Crippen molar-refractivity contribution in [2.45, 2.75) is 68.7 Å². The Morgan fingerprint density at radius 2 is 1.65 bits per heavy atom. The van der Waals surface area contributed by atoms with Gasteiger partial charge in [0.2, 0.25) is 10.0 Å². The van der Waals surface area contributed by atoms with Crippen LogP contribution in [0, 0.1) is 6.92 Å². The number of likely N-dealkylation sites (tertiary alicyclic amines) is 1. The number of hydrogen-bond acceptors (Lipinski definition) is 5. The minimum atomic E-state index is -5.08. The summed E-state index contributed by atoms with van der Waals surface area (Å²) in [5.41, 5.74) is 4.22. The molecule has 2 aliphatic rings. The van der Waals surface area contributed by atoms with Gasteiger partial charge in [0.1, 0.15) is 0 Å². The first-order valence-electron chi connectivity index (χ1n) is 12.3. The van der Waals surface area contributed by atoms with E-state index in [0.29, 0.717) is 10.9 Å². The molecule has 3 N–H and O–H groups in total. The zero-order valence-electron chi connectivity index (χ0n) is 21.0. The summed E-state index contributed by atoms with van der Waals surface area (Å²) in [6.07, 6.45) is 0.290. The van der Waals surface area contributed by atoms with Gasteiger partial charge in [0.15, 0.2) is 0 Å². The van der Waals surface area contributed by atoms with Crippen molar-refractivity contribution in [2.75, 3.05) is 20.1 Å². The first kappa shape index (κ1) is 29.1. The minimum Gasteiger partial charge on any atom is -0.475 e. The Bertz CT molecular complexity index is 1180. The number of carbonyl (C=O) groups is 1. The first-order chi connectivity index (χ1) is 17.3. The lowest BCUT2D eigenvalue weighted by Gasteiger charge is -2.29. The van der Waals surface area contributed by atoms with Crippen LogP contribution < -0.4 is 10.0 Å². The highest BCUT2D eigenvalue weighted by Crippen LogP contribution is 2.27. The molecule has 1 saturated carbocycles. The van der Waals surface area contributed by atoms with Crippen molar-refractivity contribution in [3.05, 3.63) is 53.6 Å². The van der Waals surface area contributed by atoms with Gasteiger partial charge >= 0.3 is 12.1 Å². The van der Waals surface area contributed by atoms with Crippen LogP contribution in [-0.2, 0) is 21.4 Å². The summed E-state index contributed by atoms with van der Waals surface area (Å²) in [7, 11) is -1.26. The van der Waals surface area contributed by atoms with Crippen LogP contribution in [0.5, 0.6) is 0 Å². The third-order valence-electron chi connectivity index (χ3n) is 6.71. The van der Waals surface area contributed by atoms with Gasteiger partial charge in [0, 0.05) is 18.6 Å². The highest BCUT2D eigenvalue weighted by molar-refractivity contribution is 7.89. The summed E-state index contributed by atoms with van der Waals surface area (Å²) in [5.74, 6) is -2.76. The number of aryl methyl sites for hydroxylation is 1. The number of nitrogens with one attached hydrogen (secondary N) is 2. The highest BCUT2D eigenvalue weighted by atomic mass is 32.2. The number of carboxylic acid groups (broad SMARTS) is 1. The lowest BCUT2D eigenvalue weighted by molar-refractivity contribution is -0.192. The second-order valence-electron chi connectivity index (χ2n) is 9.69. The predicted molar refractivity (Wildman–Crippen MR) is 136 cm³/mol. The van der Waals surface area contributed by atoms with Crippen molar-refractivity contribution in [3.8, 4) is 11.1 Å². The molecule has 1 aliphatic carbocycles. The molecule has 1 saturated heterocycles. The molecule has 4 rings (SSSR count). The largest absolute Gasteiger partial charge is 0.490 e. The normalized spacial score (nSPS) is 17.5. The summed E-state index contributed by atoms with van der Waals surface area (Å²) in [6.45, 7) is 5.05. The van der Waals surface area contributed by atoms with Gasteiger partial charge in [-0.1, -0.05) is 36.8 Å². The third-order valence-corrected chi connectivity index (χ3v) is 8.39. The molecule has 2 aromatic rings. The molecule has 0 radical (unpaired) electrons. The van der Waals surface area contributed by atoms with Crippen molar-refractivity contribution >= 4 is 16.0 Å². The maximum atomic E-state index is 12.7. The van der Waals surface area contributed by atoms with Gasteiger partial charge in [0.25, 0.3) is 0 Å². The summed E-state index contributed by atoms with van der Waals surface area (Å²) in [6, 6.07) is 14.9. The number of piperidine rings is 1. The second-order valence-corrected chi connectivity index (χ2v) is 11.4. The Kier molecular flexibility index (Phi) is 9.74. The van der Waals surface area contributed by atoms with Gasteiger partial charge in [-0.2, -0.15) is 13.2 Å². The molecule has 0 bridgehead atoms. The fraction of sp³-hybridized carbons (Fsp3) is 0.500. The summed E-state index contributed by atoms with van der Waals surface area (Å²) in [4.78, 5) is 11.7. The van der Waals surface area contributed by atoms with Crippen LogP contribution >= 0.6 is 0 Å². The van der Waals surface area contributed by atoms with Gasteiger partial charge < -0.3 is 15.3 Å². The van der Waals surface area contributed by atoms with E-state index in [0.717, 1.165) is 55.6 Å². The molecular weight excluding hydrogens is 507 g/mol. The van der Waals surface area contributed by atoms with Crippen LogP contribution in [0.15, 0.2) is 47.4 Å². The topological polar surface area (TPSA) is 98.7 Å². The van der Waals surface area contributed by atoms with E-state index in [-0.39, 0.29) is 6.04 Å². The Labute approximate surface area is 216 Å². The van der Waals surface area contributed by atoms with Crippen molar-refractivity contribution in [3.63, 3.8) is 0 Å². The molecule has 2 fully saturated rings. The van der Waals surface area contributed by atoms with E-state index in [2.05, 4.69) is 46.3 Å². The number of benzene rings is 2. The number of rotatable bonds is 7. The van der Waals surface area contributed by atoms with Crippen LogP contribution in [0.1, 0.15) is 43.2 Å². The molecule has 37 heavy (non-hydrogen) atoms. The van der Waals surface area contributed by atoms with E-state index in [1.165, 1.54) is 18.4 Å². The van der Waals surface area contributed by atoms with Gasteiger partial charge in [-0.15, -0.1) is 0 Å². The molecule has 0 aromatic heterocycles. The summed E-state index contributed by atoms with van der Waals surface area (Å²) >= 11 is 0. The molecule has 0 unspecified atom stereocenters. The number of carboxylic acids is 1. The Balaban J connectivity index is 0.000000479. The lowest BCUT2D eigenvalue weighted by Crippen LogP contribution is -2.40. The van der Waals surface area contributed by atoms with E-state index in [4.69, 9.17) is 9.90 Å². The quantitative estimate of drug-likeness (QED) is 0.483. The van der Waals surface area contributed by atoms with Crippen molar-refractivity contribution in [2.24, 2.45) is 0 Å². The zero-order valence-corrected chi connectivity index (χ0v) is 21.8. The first-order valence-corrected chi connectivity index (χ1v) is 13.8. The Morgan fingerprint density at radius 1 is 1.03 bits per heavy atom. The van der Waals surface area contributed by atoms with Crippen LogP contribution in [0.25, 0.3) is 11.1 Å². The highest BCUT2D eigenvalue weighted by Gasteiger charge is 2.38. The molecule has 0 atom stereocenters. The number of hydrogen-bond donors (Lipinski definition) is 3. The van der Waals surface area contributed by atoms with E-state index in [9.17, 15) is 21.6 Å². The molecule has 0 amide bonds. The molecule has 0 spiro atoms. The maximum Gasteiger partial charge on any atom is 0.490 e. The average molecular weight is 542 g/mol. The molecule has 2 aromatic carbocycles. The fourth-order valence-corrected chi connectivity index (χ4v) is 5.81. The van der Waals surface area contributed by atoms with E-state index in [1.807, 2.05) is 19.1 Å². The zero-order chi connectivity index (χ0) is 27.2. The SMILES string of the molecule is Cc1cc(-c2cccc(CNC3CCN(C)CC3)c2)ccc1S(=O)(=O)NC1CCC1.O=C(O)C(F)(F)F. The number of alkyl halides is 3. The van der Waals surface area contributed by atoms with Crippen LogP contribution in [0.2, 0.25) is 0 Å². The molecule has 7 nitrogen and oxygen atoms in total. The van der Waals surface area contributed by atoms with Crippen LogP contribution in [0.4, 0.5) is 13.2 Å². The molecule has 204 valence electrons. The van der Waals surface area contributed by atoms with Gasteiger partial charge in [-0.3, -0.25) is 0 Å². The third kappa shape index (κ3) is 8.53. The van der Waals surface area contributed by atoms with E-state index in [1.54, 1.807) is 6.07 Å². The van der Waals surface area contributed by atoms with Crippen molar-refractivity contribution < 1.29 is 31.5 Å². The number of sulfonamides is 1. The number of aliphatic carboxylic acids is 1. The smallest absolute Gasteiger partial charge is 0.475 e. The average Bonchev–Trinajstić information content (AvgIpc) is 2.81. The molecule has 1 heterocycles. The lowest BCUT2D eigenvalue weighted by atomic mass is 9.94. The Morgan fingerprint density at radius 3 is 2.19 bits per heavy atom. The van der Waals surface area contributed by atoms with Crippen LogP contribution in [0.3, 0.4) is 0 Å². The Hall–Kier alpha value is -2.47. The van der Waals surface area contributed by atoms with Gasteiger partial charge in [0.05, 0.1) is 4.90 Å². The number of halogens is 3. The molecule has 1 aliphatic heterocycles.